The molecule has 15 N–H and O–H groups in total. The normalized spacial score (nSPS) is 21.3. The molecule has 4 fully saturated rings. The van der Waals surface area contributed by atoms with Gasteiger partial charge in [0.25, 0.3) is 5.92 Å². The number of carbonyl (C=O) groups excluding carboxylic acids is 4. The molecule has 43 nitrogen and oxygen atoms in total. The minimum atomic E-state index is -4.37. The molecule has 0 unspecified atom stereocenters. The SMILES string of the molecule is NS(=O)(=O)OC[C@H]1C[C@@H](Cc2ncncc2C(=O)c2ccn(Cc3ccc(Cl)c(Br)c3)n2)[C@H](O)[C@@H]1O.NS(=O)(=O)OC[C@H]1C[C@@H](Cc2ncncc2C(=O)c2ccn(Cc3ccccc3Cl)n2)C[C@@H]1O.NS(=O)(=O)OC[C@H]1C[C@@H](Nc2ncncc2C(=O)c2ccn(-c3ccccc3)n2)C[C@@H]1O.NS(=O)(=O)OC[C@H]1C[C@@H](Nc2ncncc2C(=O)c2ccn(Cc3ccccc3)n2)C(F)(F)[C@@H]1O. The Balaban J connectivity index is 0.000000154. The molecule has 12 aromatic rings. The van der Waals surface area contributed by atoms with E-state index in [-0.39, 0.29) is 120 Å². The van der Waals surface area contributed by atoms with Crippen molar-refractivity contribution in [2.45, 2.75) is 120 Å². The molecule has 52 heteroatoms. The second kappa shape index (κ2) is 45.4. The molecule has 8 heterocycles. The molecule has 726 valence electrons. The number of benzene rings is 4. The van der Waals surface area contributed by atoms with E-state index in [0.29, 0.717) is 84.6 Å². The fourth-order valence-electron chi connectivity index (χ4n) is 16.1. The van der Waals surface area contributed by atoms with Crippen LogP contribution in [-0.4, -0.2) is 236 Å². The Morgan fingerprint density at radius 3 is 1.42 bits per heavy atom. The number of halogens is 5. The first kappa shape index (κ1) is 103. The summed E-state index contributed by atoms with van der Waals surface area (Å²) in [5.41, 5.74) is 6.02. The number of rotatable bonds is 35. The van der Waals surface area contributed by atoms with Crippen LogP contribution in [0.3, 0.4) is 0 Å². The summed E-state index contributed by atoms with van der Waals surface area (Å²) in [7, 11) is -16.7. The zero-order chi connectivity index (χ0) is 98.3. The molecule has 4 saturated carbocycles. The number of hydrogen-bond acceptors (Lipinski definition) is 35. The maximum absolute atomic E-state index is 14.7. The topological polar surface area (TPSA) is 645 Å². The van der Waals surface area contributed by atoms with Gasteiger partial charge in [-0.3, -0.25) is 50.0 Å². The van der Waals surface area contributed by atoms with Gasteiger partial charge in [0.2, 0.25) is 23.1 Å². The van der Waals surface area contributed by atoms with E-state index >= 15 is 0 Å². The van der Waals surface area contributed by atoms with Crippen LogP contribution in [0.4, 0.5) is 20.4 Å². The van der Waals surface area contributed by atoms with Gasteiger partial charge in [0.15, 0.2) is 0 Å². The minimum Gasteiger partial charge on any atom is -0.393 e. The van der Waals surface area contributed by atoms with Crippen LogP contribution < -0.4 is 31.2 Å². The molecule has 0 radical (unpaired) electrons. The maximum atomic E-state index is 14.7. The fourth-order valence-corrected chi connectivity index (χ4v) is 18.3. The summed E-state index contributed by atoms with van der Waals surface area (Å²) in [4.78, 5) is 85.0. The van der Waals surface area contributed by atoms with E-state index < -0.39 is 120 Å². The van der Waals surface area contributed by atoms with Crippen molar-refractivity contribution in [2.75, 3.05) is 37.1 Å². The van der Waals surface area contributed by atoms with Crippen LogP contribution in [0, 0.1) is 35.5 Å². The zero-order valence-corrected chi connectivity index (χ0v) is 78.3. The van der Waals surface area contributed by atoms with Gasteiger partial charge < -0.3 is 36.2 Å². The molecule has 0 amide bonds. The third kappa shape index (κ3) is 28.4. The highest BCUT2D eigenvalue weighted by Crippen LogP contribution is 2.43. The van der Waals surface area contributed by atoms with Gasteiger partial charge in [-0.2, -0.15) is 54.1 Å². The Labute approximate surface area is 800 Å². The number of ketones is 4. The fraction of sp³-hybridized carbons (Fsp3) is 0.341. The number of aromatic nitrogens is 16. The van der Waals surface area contributed by atoms with E-state index in [9.17, 15) is 87.2 Å². The lowest BCUT2D eigenvalue weighted by atomic mass is 9.95. The van der Waals surface area contributed by atoms with Gasteiger partial charge in [-0.25, -0.2) is 73.9 Å². The van der Waals surface area contributed by atoms with Crippen molar-refractivity contribution in [1.82, 2.24) is 79.0 Å². The highest BCUT2D eigenvalue weighted by atomic mass is 79.9. The molecule has 137 heavy (non-hydrogen) atoms. The van der Waals surface area contributed by atoms with Crippen molar-refractivity contribution in [3.8, 4) is 5.69 Å². The van der Waals surface area contributed by atoms with Gasteiger partial charge in [0, 0.05) is 88.8 Å². The number of para-hydroxylation sites is 1. The Morgan fingerprint density at radius 2 is 0.883 bits per heavy atom. The number of anilines is 2. The number of aliphatic hydroxyl groups excluding tert-OH is 5. The minimum absolute atomic E-state index is 0.0108. The maximum Gasteiger partial charge on any atom is 0.333 e. The number of carbonyl (C=O) groups is 4. The number of aliphatic hydroxyl groups is 5. The predicted octanol–water partition coefficient (Wildman–Crippen LogP) is 4.88. The largest absolute Gasteiger partial charge is 0.393 e. The summed E-state index contributed by atoms with van der Waals surface area (Å²) in [5.74, 6) is -8.33. The highest BCUT2D eigenvalue weighted by Gasteiger charge is 2.57. The molecule has 4 aliphatic rings. The van der Waals surface area contributed by atoms with Crippen molar-refractivity contribution in [2.24, 2.45) is 56.1 Å². The Bertz CT molecular complexity index is 6750. The smallest absolute Gasteiger partial charge is 0.333 e. The molecular weight excluding hydrogens is 1980 g/mol. The van der Waals surface area contributed by atoms with Crippen molar-refractivity contribution in [3.63, 3.8) is 0 Å². The summed E-state index contributed by atoms with van der Waals surface area (Å²) in [6, 6.07) is 36.2. The van der Waals surface area contributed by atoms with Crippen LogP contribution in [0.25, 0.3) is 5.69 Å². The number of nitrogens with one attached hydrogen (secondary N) is 2. The van der Waals surface area contributed by atoms with E-state index in [1.54, 1.807) is 73.8 Å². The lowest BCUT2D eigenvalue weighted by molar-refractivity contribution is -0.106. The van der Waals surface area contributed by atoms with Gasteiger partial charge in [0.1, 0.15) is 65.8 Å². The van der Waals surface area contributed by atoms with E-state index in [2.05, 4.69) is 104 Å². The second-order valence-electron chi connectivity index (χ2n) is 32.5. The van der Waals surface area contributed by atoms with E-state index in [1.165, 1.54) is 49.8 Å². The average molecular weight is 2070 g/mol. The lowest BCUT2D eigenvalue weighted by Gasteiger charge is -2.23. The predicted molar refractivity (Wildman–Crippen MR) is 489 cm³/mol. The van der Waals surface area contributed by atoms with Gasteiger partial charge in [-0.15, -0.1) is 0 Å². The third-order valence-electron chi connectivity index (χ3n) is 22.8. The van der Waals surface area contributed by atoms with Crippen molar-refractivity contribution in [3.05, 3.63) is 290 Å². The van der Waals surface area contributed by atoms with Crippen LogP contribution in [0.2, 0.25) is 10.0 Å². The summed E-state index contributed by atoms with van der Waals surface area (Å²) < 4.78 is 143. The van der Waals surface area contributed by atoms with Crippen LogP contribution in [0.15, 0.2) is 207 Å². The molecular formula is C85H91BrCl2F2N22O21S4. The van der Waals surface area contributed by atoms with E-state index in [4.69, 9.17) is 43.8 Å². The standard InChI is InChI=1S/C22H23BrClN5O6S.C22H24ClN5O5S.C21H22F2N6O5S.C20H22N6O5S/c23-16-5-12(1-2-17(16)24)9-29-4-3-18(28-29)22(32)15-8-26-11-27-19(15)7-13-6-14(21(31)20(13)30)10-35-36(25,33)34;23-18-4-2-1-3-15(18)11-28-6-5-19(27-28)22(30)17-10-25-13-26-20(17)8-14-7-16(21(29)9-14)12-33-34(24,31)32;22-21(23)17(8-14(19(21)31)11-34-35(24,32)33)27-20-15(9-25-12-26-20)18(30)16-6-7-29(28-16)10-13-4-2-1-3-5-13;21-32(29,30)31-11-13-8-14(9-18(13)27)24-20-16(10-22-12-23-20)19(28)17-6-7-26(25-17)15-4-2-1-3-5-15/h1-5,8,11,13-14,20-21,30-31H,6-7,9-10H2,(H2,25,33,34);1-6,10,13-14,16,21,29H,7-9,11-12H2,(H2,24,31,32);1-7,9,12,14,17,19,31H,8,10-11H2,(H2,24,32,33)(H,25,26,27);1-7,10,12-14,18,27H,8-9,11H2,(H2,21,29,30)(H,22,23,24)/t13-,14+,20-,21+;14-,16+,21-;14-,17-,19-;13-,14-,18+/m0011/s1. The van der Waals surface area contributed by atoms with Crippen molar-refractivity contribution < 1.29 is 104 Å². The van der Waals surface area contributed by atoms with E-state index in [0.717, 1.165) is 33.2 Å². The number of hydrogen-bond donors (Lipinski definition) is 11. The molecule has 13 atom stereocenters. The van der Waals surface area contributed by atoms with Gasteiger partial charge in [-0.1, -0.05) is 96.0 Å². The van der Waals surface area contributed by atoms with Gasteiger partial charge >= 0.3 is 41.2 Å². The summed E-state index contributed by atoms with van der Waals surface area (Å²) >= 11 is 15.6. The zero-order valence-electron chi connectivity index (χ0n) is 71.9. The van der Waals surface area contributed by atoms with Crippen molar-refractivity contribution in [1.29, 1.82) is 0 Å². The lowest BCUT2D eigenvalue weighted by Crippen LogP contribution is -2.43. The van der Waals surface area contributed by atoms with Crippen LogP contribution >= 0.6 is 39.1 Å². The monoisotopic (exact) mass is 2070 g/mol. The second-order valence-corrected chi connectivity index (χ2v) is 39.1. The first-order valence-electron chi connectivity index (χ1n) is 41.8. The first-order chi connectivity index (χ1) is 65.0. The molecule has 16 rings (SSSR count). The van der Waals surface area contributed by atoms with Crippen LogP contribution in [0.1, 0.15) is 131 Å². The Kier molecular flexibility index (Phi) is 34.1. The van der Waals surface area contributed by atoms with Crippen LogP contribution in [0.5, 0.6) is 0 Å². The molecule has 4 aliphatic carbocycles. The number of nitrogens with two attached hydrogens (primary N) is 4. The van der Waals surface area contributed by atoms with Crippen LogP contribution in [-0.2, 0) is 90.4 Å². The Hall–Kier alpha value is -11.5. The van der Waals surface area contributed by atoms with Gasteiger partial charge in [-0.05, 0) is 150 Å². The third-order valence-corrected chi connectivity index (χ3v) is 26.3. The number of alkyl halides is 2. The van der Waals surface area contributed by atoms with Gasteiger partial charge in [0.05, 0.1) is 121 Å². The molecule has 8 aromatic heterocycles. The average Bonchev–Trinajstić information content (AvgIpc) is 1.63. The highest BCUT2D eigenvalue weighted by molar-refractivity contribution is 9.10. The molecule has 0 bridgehead atoms. The summed E-state index contributed by atoms with van der Waals surface area (Å²) in [6.07, 6.45) is 13.3. The molecule has 4 aromatic carbocycles. The first-order valence-corrected chi connectivity index (χ1v) is 49.3. The van der Waals surface area contributed by atoms with Crippen molar-refractivity contribution >= 4 is 115 Å². The summed E-state index contributed by atoms with van der Waals surface area (Å²) in [6.45, 7) is -0.201. The number of nitrogens with zero attached hydrogens (tertiary/aromatic N) is 16. The van der Waals surface area contributed by atoms with E-state index in [1.807, 2.05) is 91.0 Å². The molecule has 0 saturated heterocycles. The molecule has 0 aliphatic heterocycles. The summed E-state index contributed by atoms with van der Waals surface area (Å²) in [5, 5.41) is 95.0. The quantitative estimate of drug-likeness (QED) is 0.0236. The Morgan fingerprint density at radius 1 is 0.445 bits per heavy atom. The molecule has 0 spiro atoms.